The number of piperidine rings is 1. The molecule has 1 fully saturated rings. The Morgan fingerprint density at radius 3 is 2.54 bits per heavy atom. The van der Waals surface area contributed by atoms with Crippen molar-refractivity contribution in [3.05, 3.63) is 77.1 Å². The van der Waals surface area contributed by atoms with Gasteiger partial charge in [0.2, 0.25) is 5.91 Å². The summed E-state index contributed by atoms with van der Waals surface area (Å²) in [6.45, 7) is 1.90. The Labute approximate surface area is 234 Å². The number of nitrogens with one attached hydrogen (secondary N) is 3. The van der Waals surface area contributed by atoms with Crippen LogP contribution in [0.1, 0.15) is 39.9 Å². The third-order valence-electron chi connectivity index (χ3n) is 6.72. The van der Waals surface area contributed by atoms with Gasteiger partial charge in [-0.15, -0.1) is 0 Å². The van der Waals surface area contributed by atoms with Crippen LogP contribution in [0.25, 0.3) is 0 Å². The molecule has 216 valence electrons. The van der Waals surface area contributed by atoms with Crippen molar-refractivity contribution in [2.75, 3.05) is 49.7 Å². The van der Waals surface area contributed by atoms with Crippen molar-refractivity contribution in [2.45, 2.75) is 19.0 Å². The number of benzene rings is 1. The van der Waals surface area contributed by atoms with E-state index >= 15 is 0 Å². The number of halogens is 3. The van der Waals surface area contributed by atoms with E-state index in [1.165, 1.54) is 19.2 Å². The molecule has 1 aliphatic heterocycles. The molecule has 3 aromatic rings. The number of aromatic nitrogens is 2. The van der Waals surface area contributed by atoms with Crippen LogP contribution in [0, 0.1) is 11.3 Å². The molecule has 10 nitrogen and oxygen atoms in total. The lowest BCUT2D eigenvalue weighted by Gasteiger charge is -2.33. The topological polar surface area (TPSA) is 146 Å². The normalized spacial score (nSPS) is 15.3. The van der Waals surface area contributed by atoms with Gasteiger partial charge in [-0.2, -0.15) is 13.2 Å². The number of anilines is 3. The van der Waals surface area contributed by atoms with E-state index in [2.05, 4.69) is 20.6 Å². The molecule has 1 saturated heterocycles. The second-order valence-electron chi connectivity index (χ2n) is 9.61. The highest BCUT2D eigenvalue weighted by Gasteiger charge is 2.31. The fourth-order valence-electron chi connectivity index (χ4n) is 4.61. The molecule has 13 heteroatoms. The SMILES string of the molecule is COCC(=O)N1CCCC(CNc2ccnc(N)c2C(=N)c2ccc(C(=O)Nc3cc(C(F)(F)F)ccn3)cc2)C1. The third-order valence-corrected chi connectivity index (χ3v) is 6.72. The van der Waals surface area contributed by atoms with Crippen molar-refractivity contribution in [3.63, 3.8) is 0 Å². The van der Waals surface area contributed by atoms with E-state index in [9.17, 15) is 22.8 Å². The van der Waals surface area contributed by atoms with Crippen molar-refractivity contribution in [1.82, 2.24) is 14.9 Å². The van der Waals surface area contributed by atoms with Gasteiger partial charge >= 0.3 is 6.18 Å². The highest BCUT2D eigenvalue weighted by Crippen LogP contribution is 2.30. The number of pyridine rings is 2. The Hall–Kier alpha value is -4.52. The summed E-state index contributed by atoms with van der Waals surface area (Å²) in [6, 6.07) is 9.31. The van der Waals surface area contributed by atoms with Crippen LogP contribution in [0.5, 0.6) is 0 Å². The number of rotatable bonds is 9. The van der Waals surface area contributed by atoms with Gasteiger partial charge in [-0.3, -0.25) is 15.0 Å². The quantitative estimate of drug-likeness (QED) is 0.285. The van der Waals surface area contributed by atoms with Crippen LogP contribution in [0.2, 0.25) is 0 Å². The van der Waals surface area contributed by atoms with Crippen LogP contribution in [0.15, 0.2) is 54.9 Å². The average Bonchev–Trinajstić information content (AvgIpc) is 2.96. The van der Waals surface area contributed by atoms with Crippen molar-refractivity contribution in [1.29, 1.82) is 5.41 Å². The van der Waals surface area contributed by atoms with E-state index in [4.69, 9.17) is 15.9 Å². The van der Waals surface area contributed by atoms with Crippen molar-refractivity contribution in [2.24, 2.45) is 5.92 Å². The fraction of sp³-hybridized carbons (Fsp3) is 0.321. The molecule has 41 heavy (non-hydrogen) atoms. The third kappa shape index (κ3) is 7.37. The Bertz CT molecular complexity index is 1410. The van der Waals surface area contributed by atoms with Crippen LogP contribution < -0.4 is 16.4 Å². The van der Waals surface area contributed by atoms with E-state index in [0.717, 1.165) is 31.2 Å². The van der Waals surface area contributed by atoms with Gasteiger partial charge in [0.1, 0.15) is 18.2 Å². The first-order valence-corrected chi connectivity index (χ1v) is 12.9. The molecule has 1 aliphatic rings. The molecule has 1 atom stereocenters. The van der Waals surface area contributed by atoms with Crippen molar-refractivity contribution in [3.8, 4) is 0 Å². The van der Waals surface area contributed by atoms with Gasteiger partial charge in [-0.05, 0) is 49.1 Å². The monoisotopic (exact) mass is 569 g/mol. The van der Waals surface area contributed by atoms with E-state index < -0.39 is 17.6 Å². The summed E-state index contributed by atoms with van der Waals surface area (Å²) in [5.74, 6) is -0.576. The zero-order chi connectivity index (χ0) is 29.6. The number of methoxy groups -OCH3 is 1. The molecule has 2 aromatic heterocycles. The molecule has 5 N–H and O–H groups in total. The summed E-state index contributed by atoms with van der Waals surface area (Å²) >= 11 is 0. The lowest BCUT2D eigenvalue weighted by molar-refractivity contribution is -0.138. The van der Waals surface area contributed by atoms with Gasteiger partial charge in [0, 0.05) is 56.0 Å². The minimum absolute atomic E-state index is 0.0453. The molecular weight excluding hydrogens is 539 g/mol. The van der Waals surface area contributed by atoms with Crippen LogP contribution in [0.4, 0.5) is 30.5 Å². The second-order valence-corrected chi connectivity index (χ2v) is 9.61. The lowest BCUT2D eigenvalue weighted by atomic mass is 9.96. The van der Waals surface area contributed by atoms with E-state index in [1.807, 2.05) is 0 Å². The summed E-state index contributed by atoms with van der Waals surface area (Å²) in [7, 11) is 1.49. The summed E-state index contributed by atoms with van der Waals surface area (Å²) in [4.78, 5) is 34.5. The first-order valence-electron chi connectivity index (χ1n) is 12.9. The van der Waals surface area contributed by atoms with Gasteiger partial charge in [0.25, 0.3) is 5.91 Å². The molecule has 0 aliphatic carbocycles. The number of ether oxygens (including phenoxy) is 1. The summed E-state index contributed by atoms with van der Waals surface area (Å²) in [6.07, 6.45) is -0.230. The van der Waals surface area contributed by atoms with Gasteiger partial charge in [-0.1, -0.05) is 12.1 Å². The standard InChI is InChI=1S/C28H30F3N7O3/c1-41-16-23(39)38-12-2-3-17(15-38)14-36-21-9-11-35-26(33)24(21)25(32)18-4-6-19(7-5-18)27(40)37-22-13-20(8-10-34-22)28(29,30)31/h4-11,13,17,32H,2-3,12,14-16H2,1H3,(H3,33,35,36)(H,34,37,40). The maximum Gasteiger partial charge on any atom is 0.416 e. The second kappa shape index (κ2) is 12.8. The molecule has 3 heterocycles. The predicted molar refractivity (Wildman–Crippen MR) is 148 cm³/mol. The van der Waals surface area contributed by atoms with Crippen molar-refractivity contribution < 1.29 is 27.5 Å². The minimum atomic E-state index is -4.56. The van der Waals surface area contributed by atoms with Gasteiger partial charge in [0.15, 0.2) is 0 Å². The zero-order valence-corrected chi connectivity index (χ0v) is 22.3. The van der Waals surface area contributed by atoms with Crippen LogP contribution in [-0.2, 0) is 15.7 Å². The maximum atomic E-state index is 13.0. The van der Waals surface area contributed by atoms with Gasteiger partial charge in [0.05, 0.1) is 16.8 Å². The van der Waals surface area contributed by atoms with E-state index in [1.54, 1.807) is 29.3 Å². The number of nitrogens with two attached hydrogens (primary N) is 1. The largest absolute Gasteiger partial charge is 0.416 e. The molecule has 0 saturated carbocycles. The summed E-state index contributed by atoms with van der Waals surface area (Å²) in [5, 5.41) is 14.5. The summed E-state index contributed by atoms with van der Waals surface area (Å²) in [5.41, 5.74) is 6.93. The molecule has 0 radical (unpaired) electrons. The summed E-state index contributed by atoms with van der Waals surface area (Å²) < 4.78 is 43.9. The van der Waals surface area contributed by atoms with Crippen LogP contribution in [-0.4, -0.2) is 65.7 Å². The van der Waals surface area contributed by atoms with Gasteiger partial charge in [-0.25, -0.2) is 9.97 Å². The molecule has 2 amide bonds. The van der Waals surface area contributed by atoms with Gasteiger partial charge < -0.3 is 26.0 Å². The first-order chi connectivity index (χ1) is 19.6. The van der Waals surface area contributed by atoms with Crippen LogP contribution in [0.3, 0.4) is 0 Å². The Balaban J connectivity index is 1.44. The number of carbonyl (C=O) groups is 2. The van der Waals surface area contributed by atoms with E-state index in [0.29, 0.717) is 36.4 Å². The molecule has 4 rings (SSSR count). The Morgan fingerprint density at radius 2 is 1.83 bits per heavy atom. The van der Waals surface area contributed by atoms with Crippen LogP contribution >= 0.6 is 0 Å². The number of amides is 2. The highest BCUT2D eigenvalue weighted by molar-refractivity contribution is 6.17. The molecule has 0 spiro atoms. The lowest BCUT2D eigenvalue weighted by Crippen LogP contribution is -2.43. The number of hydrogen-bond donors (Lipinski definition) is 4. The number of nitrogens with zero attached hydrogens (tertiary/aromatic N) is 3. The number of likely N-dealkylation sites (tertiary alicyclic amines) is 1. The Kier molecular flexibility index (Phi) is 9.17. The number of carbonyl (C=O) groups excluding carboxylic acids is 2. The Morgan fingerprint density at radius 1 is 1.12 bits per heavy atom. The van der Waals surface area contributed by atoms with Crippen molar-refractivity contribution >= 4 is 34.8 Å². The average molecular weight is 570 g/mol. The molecule has 1 aromatic carbocycles. The fourth-order valence-corrected chi connectivity index (χ4v) is 4.61. The smallest absolute Gasteiger partial charge is 0.384 e. The number of alkyl halides is 3. The highest BCUT2D eigenvalue weighted by atomic mass is 19.4. The maximum absolute atomic E-state index is 13.0. The van der Waals surface area contributed by atoms with E-state index in [-0.39, 0.29) is 41.3 Å². The predicted octanol–water partition coefficient (Wildman–Crippen LogP) is 4.04. The molecular formula is C28H30F3N7O3. The minimum Gasteiger partial charge on any atom is -0.384 e. The first kappa shape index (κ1) is 29.5. The zero-order valence-electron chi connectivity index (χ0n) is 22.3. The molecule has 0 bridgehead atoms. The number of hydrogen-bond acceptors (Lipinski definition) is 8. The number of nitrogen functional groups attached to an aromatic ring is 1. The molecule has 1 unspecified atom stereocenters.